The topological polar surface area (TPSA) is 96.0 Å². The zero-order valence-electron chi connectivity index (χ0n) is 24.7. The third-order valence-corrected chi connectivity index (χ3v) is 8.97. The fourth-order valence-electron chi connectivity index (χ4n) is 4.39. The lowest BCUT2D eigenvalue weighted by molar-refractivity contribution is -0.141. The summed E-state index contributed by atoms with van der Waals surface area (Å²) in [6.45, 7) is 8.65. The molecule has 0 heterocycles. The molecule has 1 N–H and O–H groups in total. The summed E-state index contributed by atoms with van der Waals surface area (Å²) in [4.78, 5) is 29.1. The molecule has 0 fully saturated rings. The number of nitrogens with one attached hydrogen (secondary N) is 1. The Kier molecular flexibility index (Phi) is 11.8. The van der Waals surface area contributed by atoms with Crippen LogP contribution in [0.2, 0.25) is 15.1 Å². The Morgan fingerprint density at radius 1 is 0.930 bits per heavy atom. The third kappa shape index (κ3) is 9.01. The molecule has 12 heteroatoms. The van der Waals surface area contributed by atoms with E-state index in [-0.39, 0.29) is 41.8 Å². The first-order valence-corrected chi connectivity index (χ1v) is 16.3. The molecule has 0 unspecified atom stereocenters. The van der Waals surface area contributed by atoms with E-state index in [2.05, 4.69) is 5.32 Å². The Hall–Kier alpha value is -2.98. The van der Waals surface area contributed by atoms with Crippen molar-refractivity contribution in [3.8, 4) is 5.75 Å². The maximum atomic E-state index is 14.3. The van der Waals surface area contributed by atoms with Crippen LogP contribution >= 0.6 is 34.8 Å². The van der Waals surface area contributed by atoms with Gasteiger partial charge in [-0.25, -0.2) is 8.42 Å². The van der Waals surface area contributed by atoms with E-state index in [0.717, 1.165) is 4.31 Å². The second kappa shape index (κ2) is 14.7. The molecule has 2 amide bonds. The van der Waals surface area contributed by atoms with Crippen molar-refractivity contribution in [3.63, 3.8) is 0 Å². The molecule has 3 rings (SSSR count). The van der Waals surface area contributed by atoms with Crippen LogP contribution in [0.15, 0.2) is 71.6 Å². The van der Waals surface area contributed by atoms with Crippen molar-refractivity contribution in [1.29, 1.82) is 0 Å². The number of carbonyl (C=O) groups is 2. The van der Waals surface area contributed by atoms with Crippen LogP contribution in [0.1, 0.15) is 46.6 Å². The minimum Gasteiger partial charge on any atom is -0.492 e. The van der Waals surface area contributed by atoms with Crippen molar-refractivity contribution < 1.29 is 22.7 Å². The number of rotatable bonds is 12. The summed E-state index contributed by atoms with van der Waals surface area (Å²) >= 11 is 18.6. The predicted octanol–water partition coefficient (Wildman–Crippen LogP) is 6.96. The number of halogens is 3. The number of anilines is 1. The Morgan fingerprint density at radius 3 is 2.14 bits per heavy atom. The van der Waals surface area contributed by atoms with Crippen LogP contribution in [0.5, 0.6) is 5.75 Å². The molecule has 0 aliphatic rings. The molecule has 3 aromatic rings. The van der Waals surface area contributed by atoms with Gasteiger partial charge in [-0.15, -0.1) is 0 Å². The van der Waals surface area contributed by atoms with Crippen molar-refractivity contribution in [3.05, 3.63) is 87.4 Å². The van der Waals surface area contributed by atoms with Crippen molar-refractivity contribution in [2.45, 2.75) is 64.1 Å². The summed E-state index contributed by atoms with van der Waals surface area (Å²) in [5, 5.41) is 4.02. The average molecular weight is 669 g/mol. The molecule has 3 aromatic carbocycles. The van der Waals surface area contributed by atoms with E-state index in [1.807, 2.05) is 20.8 Å². The van der Waals surface area contributed by atoms with Crippen molar-refractivity contribution in [1.82, 2.24) is 10.2 Å². The summed E-state index contributed by atoms with van der Waals surface area (Å²) in [6.07, 6.45) is 0.262. The lowest BCUT2D eigenvalue weighted by Crippen LogP contribution is -2.55. The standard InChI is InChI=1S/C31H36Cl3N3O5S/c1-6-26(30(39)35-31(3,4)5)36(19-21-12-13-23(33)18-25(21)34)29(38)20-37(27-10-8-9-11-28(27)42-7-2)43(40,41)24-16-14-22(32)15-17-24/h8-18,26H,6-7,19-20H2,1-5H3,(H,35,39)/t26-/m0/s1. The second-order valence-electron chi connectivity index (χ2n) is 10.8. The van der Waals surface area contributed by atoms with Crippen LogP contribution in [0.3, 0.4) is 0 Å². The Labute approximate surface area is 268 Å². The number of nitrogens with zero attached hydrogens (tertiary/aromatic N) is 2. The highest BCUT2D eigenvalue weighted by molar-refractivity contribution is 7.92. The summed E-state index contributed by atoms with van der Waals surface area (Å²) in [7, 11) is -4.31. The lowest BCUT2D eigenvalue weighted by Gasteiger charge is -2.35. The zero-order chi connectivity index (χ0) is 31.9. The van der Waals surface area contributed by atoms with Gasteiger partial charge >= 0.3 is 0 Å². The summed E-state index contributed by atoms with van der Waals surface area (Å²) in [5.74, 6) is -0.721. The Balaban J connectivity index is 2.15. The normalized spacial score (nSPS) is 12.4. The second-order valence-corrected chi connectivity index (χ2v) is 13.9. The highest BCUT2D eigenvalue weighted by Crippen LogP contribution is 2.33. The summed E-state index contributed by atoms with van der Waals surface area (Å²) in [5.41, 5.74) is 0.143. The first-order chi connectivity index (χ1) is 20.2. The van der Waals surface area contributed by atoms with Gasteiger partial charge in [0.2, 0.25) is 11.8 Å². The number of hydrogen-bond acceptors (Lipinski definition) is 5. The van der Waals surface area contributed by atoms with Gasteiger partial charge in [-0.2, -0.15) is 0 Å². The van der Waals surface area contributed by atoms with Crippen LogP contribution in [0.25, 0.3) is 0 Å². The molecular formula is C31H36Cl3N3O5S. The van der Waals surface area contributed by atoms with E-state index in [1.54, 1.807) is 56.3 Å². The van der Waals surface area contributed by atoms with Gasteiger partial charge in [-0.05, 0) is 88.2 Å². The van der Waals surface area contributed by atoms with Gasteiger partial charge in [0, 0.05) is 27.2 Å². The average Bonchev–Trinajstić information content (AvgIpc) is 2.92. The van der Waals surface area contributed by atoms with E-state index >= 15 is 0 Å². The Bertz CT molecular complexity index is 1540. The molecule has 8 nitrogen and oxygen atoms in total. The SMILES string of the molecule is CCOc1ccccc1N(CC(=O)N(Cc1ccc(Cl)cc1Cl)[C@@H](CC)C(=O)NC(C)(C)C)S(=O)(=O)c1ccc(Cl)cc1. The zero-order valence-corrected chi connectivity index (χ0v) is 27.8. The molecule has 0 aromatic heterocycles. The maximum absolute atomic E-state index is 14.3. The van der Waals surface area contributed by atoms with Crippen LogP contribution in [0, 0.1) is 0 Å². The van der Waals surface area contributed by atoms with Gasteiger partial charge in [0.15, 0.2) is 0 Å². The van der Waals surface area contributed by atoms with Crippen molar-refractivity contribution in [2.24, 2.45) is 0 Å². The van der Waals surface area contributed by atoms with Gasteiger partial charge in [0.1, 0.15) is 18.3 Å². The van der Waals surface area contributed by atoms with E-state index in [0.29, 0.717) is 20.6 Å². The first kappa shape index (κ1) is 34.5. The largest absolute Gasteiger partial charge is 0.492 e. The molecule has 0 bridgehead atoms. The van der Waals surface area contributed by atoms with Crippen molar-refractivity contribution >= 4 is 62.3 Å². The monoisotopic (exact) mass is 667 g/mol. The minimum atomic E-state index is -4.31. The lowest BCUT2D eigenvalue weighted by atomic mass is 10.1. The molecule has 0 radical (unpaired) electrons. The van der Waals surface area contributed by atoms with Gasteiger partial charge in [-0.1, -0.05) is 59.9 Å². The van der Waals surface area contributed by atoms with Crippen LogP contribution in [-0.2, 0) is 26.2 Å². The first-order valence-electron chi connectivity index (χ1n) is 13.7. The molecule has 0 aliphatic heterocycles. The Morgan fingerprint density at radius 2 is 1.56 bits per heavy atom. The number of ether oxygens (including phenoxy) is 1. The van der Waals surface area contributed by atoms with Crippen LogP contribution in [-0.4, -0.2) is 49.9 Å². The van der Waals surface area contributed by atoms with E-state index in [9.17, 15) is 18.0 Å². The van der Waals surface area contributed by atoms with Crippen LogP contribution < -0.4 is 14.4 Å². The molecule has 1 atom stereocenters. The highest BCUT2D eigenvalue weighted by Gasteiger charge is 2.35. The molecule has 0 aliphatic carbocycles. The fraction of sp³-hybridized carbons (Fsp3) is 0.355. The molecule has 43 heavy (non-hydrogen) atoms. The summed E-state index contributed by atoms with van der Waals surface area (Å²) < 4.78 is 35.0. The number of carbonyl (C=O) groups excluding carboxylic acids is 2. The van der Waals surface area contributed by atoms with Gasteiger partial charge < -0.3 is 15.0 Å². The number of para-hydroxylation sites is 2. The van der Waals surface area contributed by atoms with E-state index < -0.39 is 34.1 Å². The van der Waals surface area contributed by atoms with E-state index in [1.165, 1.54) is 29.2 Å². The maximum Gasteiger partial charge on any atom is 0.264 e. The third-order valence-electron chi connectivity index (χ3n) is 6.35. The van der Waals surface area contributed by atoms with E-state index in [4.69, 9.17) is 39.5 Å². The number of hydrogen-bond donors (Lipinski definition) is 1. The van der Waals surface area contributed by atoms with Gasteiger partial charge in [0.25, 0.3) is 10.0 Å². The molecule has 0 saturated heterocycles. The smallest absolute Gasteiger partial charge is 0.264 e. The molecule has 232 valence electrons. The molecule has 0 saturated carbocycles. The fourth-order valence-corrected chi connectivity index (χ4v) is 6.41. The minimum absolute atomic E-state index is 0.0627. The van der Waals surface area contributed by atoms with Gasteiger partial charge in [-0.3, -0.25) is 13.9 Å². The highest BCUT2D eigenvalue weighted by atomic mass is 35.5. The number of benzene rings is 3. The van der Waals surface area contributed by atoms with Gasteiger partial charge in [0.05, 0.1) is 17.2 Å². The number of amides is 2. The summed E-state index contributed by atoms with van der Waals surface area (Å²) in [6, 6.07) is 16.1. The van der Waals surface area contributed by atoms with Crippen molar-refractivity contribution in [2.75, 3.05) is 17.5 Å². The predicted molar refractivity (Wildman–Crippen MR) is 173 cm³/mol. The number of sulfonamides is 1. The molecular weight excluding hydrogens is 633 g/mol. The quantitative estimate of drug-likeness (QED) is 0.225. The molecule has 0 spiro atoms. The van der Waals surface area contributed by atoms with Crippen LogP contribution in [0.4, 0.5) is 5.69 Å².